The van der Waals surface area contributed by atoms with Crippen molar-refractivity contribution in [1.82, 2.24) is 20.3 Å². The largest absolute Gasteiger partial charge is 0.309 e. The van der Waals surface area contributed by atoms with Gasteiger partial charge < -0.3 is 5.32 Å². The van der Waals surface area contributed by atoms with Gasteiger partial charge in [0.2, 0.25) is 0 Å². The third-order valence-electron chi connectivity index (χ3n) is 3.22. The second kappa shape index (κ2) is 6.45. The molecule has 112 valence electrons. The van der Waals surface area contributed by atoms with Crippen LogP contribution in [0.5, 0.6) is 0 Å². The molecule has 1 aromatic heterocycles. The summed E-state index contributed by atoms with van der Waals surface area (Å²) >= 11 is 0. The van der Waals surface area contributed by atoms with Crippen LogP contribution in [0.4, 0.5) is 5.69 Å². The van der Waals surface area contributed by atoms with Crippen molar-refractivity contribution in [3.05, 3.63) is 51.3 Å². The van der Waals surface area contributed by atoms with Gasteiger partial charge in [0, 0.05) is 24.2 Å². The quantitative estimate of drug-likeness (QED) is 0.649. The van der Waals surface area contributed by atoms with Crippen molar-refractivity contribution in [1.29, 1.82) is 0 Å². The summed E-state index contributed by atoms with van der Waals surface area (Å²) in [6.45, 7) is 7.02. The number of nitro benzene ring substituents is 1. The van der Waals surface area contributed by atoms with E-state index in [1.807, 2.05) is 12.3 Å². The Morgan fingerprint density at radius 1 is 1.43 bits per heavy atom. The SMILES string of the molecule is Cc1c(Cn2cc(CNC(C)C)nn2)cccc1[N+](=O)[O-]. The molecule has 0 saturated carbocycles. The van der Waals surface area contributed by atoms with Crippen molar-refractivity contribution in [2.45, 2.75) is 39.9 Å². The molecule has 0 fully saturated rings. The van der Waals surface area contributed by atoms with Gasteiger partial charge >= 0.3 is 0 Å². The number of benzene rings is 1. The molecule has 1 heterocycles. The van der Waals surface area contributed by atoms with E-state index in [1.54, 1.807) is 17.7 Å². The van der Waals surface area contributed by atoms with E-state index in [9.17, 15) is 10.1 Å². The summed E-state index contributed by atoms with van der Waals surface area (Å²) in [5.41, 5.74) is 2.53. The van der Waals surface area contributed by atoms with Gasteiger partial charge in [0.25, 0.3) is 5.69 Å². The van der Waals surface area contributed by atoms with Gasteiger partial charge in [-0.05, 0) is 12.5 Å². The lowest BCUT2D eigenvalue weighted by Gasteiger charge is -2.06. The highest BCUT2D eigenvalue weighted by molar-refractivity contribution is 5.44. The summed E-state index contributed by atoms with van der Waals surface area (Å²) < 4.78 is 1.70. The zero-order valence-corrected chi connectivity index (χ0v) is 12.4. The first-order valence-corrected chi connectivity index (χ1v) is 6.82. The lowest BCUT2D eigenvalue weighted by atomic mass is 10.1. The van der Waals surface area contributed by atoms with Crippen LogP contribution < -0.4 is 5.32 Å². The van der Waals surface area contributed by atoms with Gasteiger partial charge in [-0.3, -0.25) is 10.1 Å². The van der Waals surface area contributed by atoms with Crippen molar-refractivity contribution in [3.8, 4) is 0 Å². The Morgan fingerprint density at radius 2 is 2.19 bits per heavy atom. The first kappa shape index (κ1) is 15.1. The van der Waals surface area contributed by atoms with E-state index >= 15 is 0 Å². The molecule has 21 heavy (non-hydrogen) atoms. The van der Waals surface area contributed by atoms with Gasteiger partial charge in [0.1, 0.15) is 0 Å². The molecule has 0 aliphatic rings. The second-order valence-electron chi connectivity index (χ2n) is 5.26. The van der Waals surface area contributed by atoms with Gasteiger partial charge in [-0.15, -0.1) is 5.10 Å². The molecule has 0 aliphatic heterocycles. The van der Waals surface area contributed by atoms with E-state index in [2.05, 4.69) is 29.5 Å². The number of aromatic nitrogens is 3. The van der Waals surface area contributed by atoms with E-state index < -0.39 is 0 Å². The maximum atomic E-state index is 10.9. The highest BCUT2D eigenvalue weighted by atomic mass is 16.6. The van der Waals surface area contributed by atoms with Gasteiger partial charge in [-0.1, -0.05) is 31.2 Å². The molecular formula is C14H19N5O2. The number of nitrogens with one attached hydrogen (secondary N) is 1. The zero-order valence-electron chi connectivity index (χ0n) is 12.4. The van der Waals surface area contributed by atoms with Crippen LogP contribution in [-0.2, 0) is 13.1 Å². The van der Waals surface area contributed by atoms with Crippen LogP contribution in [0.15, 0.2) is 24.4 Å². The van der Waals surface area contributed by atoms with Gasteiger partial charge in [0.15, 0.2) is 0 Å². The minimum atomic E-state index is -0.363. The smallest absolute Gasteiger partial charge is 0.272 e. The minimum Gasteiger partial charge on any atom is -0.309 e. The third kappa shape index (κ3) is 3.85. The van der Waals surface area contributed by atoms with E-state index in [4.69, 9.17) is 0 Å². The first-order chi connectivity index (χ1) is 9.97. The summed E-state index contributed by atoms with van der Waals surface area (Å²) in [5, 5.41) is 22.4. The summed E-state index contributed by atoms with van der Waals surface area (Å²) in [5.74, 6) is 0. The molecule has 2 rings (SSSR count). The predicted molar refractivity (Wildman–Crippen MR) is 78.9 cm³/mol. The van der Waals surface area contributed by atoms with Crippen molar-refractivity contribution in [3.63, 3.8) is 0 Å². The molecule has 2 aromatic rings. The lowest BCUT2D eigenvalue weighted by molar-refractivity contribution is -0.385. The molecule has 0 amide bonds. The van der Waals surface area contributed by atoms with Crippen molar-refractivity contribution >= 4 is 5.69 Å². The van der Waals surface area contributed by atoms with Crippen LogP contribution in [0.2, 0.25) is 0 Å². The standard InChI is InChI=1S/C14H19N5O2/c1-10(2)15-7-13-9-18(17-16-13)8-12-5-4-6-14(11(12)3)19(20)21/h4-6,9-10,15H,7-8H2,1-3H3. The first-order valence-electron chi connectivity index (χ1n) is 6.82. The molecule has 0 atom stereocenters. The van der Waals surface area contributed by atoms with Crippen LogP contribution in [0.3, 0.4) is 0 Å². The second-order valence-corrected chi connectivity index (χ2v) is 5.26. The predicted octanol–water partition coefficient (Wildman–Crippen LogP) is 2.04. The minimum absolute atomic E-state index is 0.134. The van der Waals surface area contributed by atoms with E-state index in [0.717, 1.165) is 11.3 Å². The molecule has 0 aliphatic carbocycles. The fourth-order valence-electron chi connectivity index (χ4n) is 2.02. The maximum Gasteiger partial charge on any atom is 0.272 e. The van der Waals surface area contributed by atoms with Crippen LogP contribution in [0.25, 0.3) is 0 Å². The summed E-state index contributed by atoms with van der Waals surface area (Å²) in [6, 6.07) is 5.46. The van der Waals surface area contributed by atoms with Crippen LogP contribution in [-0.4, -0.2) is 26.0 Å². The molecule has 1 N–H and O–H groups in total. The topological polar surface area (TPSA) is 85.9 Å². The van der Waals surface area contributed by atoms with Crippen molar-refractivity contribution < 1.29 is 4.92 Å². The summed E-state index contributed by atoms with van der Waals surface area (Å²) in [6.07, 6.45) is 1.85. The molecule has 1 aromatic carbocycles. The van der Waals surface area contributed by atoms with Gasteiger partial charge in [-0.25, -0.2) is 4.68 Å². The Kier molecular flexibility index (Phi) is 4.64. The Bertz CT molecular complexity index is 636. The Morgan fingerprint density at radius 3 is 2.86 bits per heavy atom. The Labute approximate surface area is 123 Å². The number of nitrogens with zero attached hydrogens (tertiary/aromatic N) is 4. The summed E-state index contributed by atoms with van der Waals surface area (Å²) in [7, 11) is 0. The molecule has 0 radical (unpaired) electrons. The van der Waals surface area contributed by atoms with Crippen molar-refractivity contribution in [2.24, 2.45) is 0 Å². The molecule has 7 nitrogen and oxygen atoms in total. The third-order valence-corrected chi connectivity index (χ3v) is 3.22. The number of nitro groups is 1. The van der Waals surface area contributed by atoms with E-state index in [1.165, 1.54) is 6.07 Å². The highest BCUT2D eigenvalue weighted by Gasteiger charge is 2.13. The van der Waals surface area contributed by atoms with Crippen LogP contribution >= 0.6 is 0 Å². The molecule has 0 spiro atoms. The fraction of sp³-hybridized carbons (Fsp3) is 0.429. The van der Waals surface area contributed by atoms with Crippen LogP contribution in [0.1, 0.15) is 30.7 Å². The molecule has 0 saturated heterocycles. The number of hydrogen-bond donors (Lipinski definition) is 1. The Hall–Kier alpha value is -2.28. The molecule has 7 heteroatoms. The van der Waals surface area contributed by atoms with Gasteiger partial charge in [0.05, 0.1) is 23.4 Å². The molecular weight excluding hydrogens is 270 g/mol. The Balaban J connectivity index is 2.12. The van der Waals surface area contributed by atoms with E-state index in [-0.39, 0.29) is 10.6 Å². The summed E-state index contributed by atoms with van der Waals surface area (Å²) in [4.78, 5) is 10.6. The van der Waals surface area contributed by atoms with E-state index in [0.29, 0.717) is 24.7 Å². The molecule has 0 unspecified atom stereocenters. The van der Waals surface area contributed by atoms with Crippen molar-refractivity contribution in [2.75, 3.05) is 0 Å². The molecule has 0 bridgehead atoms. The maximum absolute atomic E-state index is 10.9. The fourth-order valence-corrected chi connectivity index (χ4v) is 2.02. The zero-order chi connectivity index (χ0) is 15.4. The average Bonchev–Trinajstić information content (AvgIpc) is 2.86. The lowest BCUT2D eigenvalue weighted by Crippen LogP contribution is -2.21. The number of rotatable bonds is 6. The average molecular weight is 289 g/mol. The normalized spacial score (nSPS) is 11.0. The monoisotopic (exact) mass is 289 g/mol. The van der Waals surface area contributed by atoms with Gasteiger partial charge in [-0.2, -0.15) is 0 Å². The number of hydrogen-bond acceptors (Lipinski definition) is 5. The van der Waals surface area contributed by atoms with Crippen LogP contribution in [0, 0.1) is 17.0 Å². The highest BCUT2D eigenvalue weighted by Crippen LogP contribution is 2.21.